The lowest BCUT2D eigenvalue weighted by Gasteiger charge is -2.30. The maximum absolute atomic E-state index is 12.9. The van der Waals surface area contributed by atoms with Crippen molar-refractivity contribution in [1.29, 1.82) is 0 Å². The van der Waals surface area contributed by atoms with Crippen molar-refractivity contribution in [2.24, 2.45) is 0 Å². The molecule has 128 valence electrons. The van der Waals surface area contributed by atoms with Crippen LogP contribution < -0.4 is 16.0 Å². The van der Waals surface area contributed by atoms with Gasteiger partial charge < -0.3 is 16.0 Å². The highest BCUT2D eigenvalue weighted by Gasteiger charge is 2.30. The van der Waals surface area contributed by atoms with Gasteiger partial charge in [0.15, 0.2) is 5.11 Å². The van der Waals surface area contributed by atoms with E-state index in [-0.39, 0.29) is 11.9 Å². The molecule has 25 heavy (non-hydrogen) atoms. The molecule has 0 fully saturated rings. The lowest BCUT2D eigenvalue weighted by Crippen LogP contribution is -2.45. The number of para-hydroxylation sites is 1. The van der Waals surface area contributed by atoms with Crippen LogP contribution in [0.4, 0.5) is 5.69 Å². The minimum absolute atomic E-state index is 0.223. The zero-order valence-electron chi connectivity index (χ0n) is 13.9. The molecule has 1 aliphatic heterocycles. The quantitative estimate of drug-likeness (QED) is 0.711. The second-order valence-electron chi connectivity index (χ2n) is 5.91. The molecular weight excluding hydrogens is 354 g/mol. The predicted molar refractivity (Wildman–Crippen MR) is 106 cm³/mol. The SMILES string of the molecule is CC1=C(C(=O)Nc2ccccc2Cl)[C@H](c2ccc(C)cc2)NC(=S)N1. The minimum Gasteiger partial charge on any atom is -0.351 e. The minimum atomic E-state index is -0.322. The van der Waals surface area contributed by atoms with Gasteiger partial charge >= 0.3 is 0 Å². The first-order valence-electron chi connectivity index (χ1n) is 7.86. The van der Waals surface area contributed by atoms with Crippen molar-refractivity contribution in [2.75, 3.05) is 5.32 Å². The number of amides is 1. The number of hydrogen-bond acceptors (Lipinski definition) is 2. The number of anilines is 1. The average molecular weight is 372 g/mol. The second-order valence-corrected chi connectivity index (χ2v) is 6.73. The van der Waals surface area contributed by atoms with E-state index in [9.17, 15) is 4.79 Å². The number of halogens is 1. The van der Waals surface area contributed by atoms with Gasteiger partial charge in [-0.15, -0.1) is 0 Å². The van der Waals surface area contributed by atoms with Crippen LogP contribution in [0.1, 0.15) is 24.1 Å². The molecule has 0 bridgehead atoms. The number of carbonyl (C=O) groups is 1. The number of allylic oxidation sites excluding steroid dienone is 1. The molecule has 4 nitrogen and oxygen atoms in total. The topological polar surface area (TPSA) is 53.2 Å². The third-order valence-corrected chi connectivity index (χ3v) is 4.60. The Morgan fingerprint density at radius 1 is 1.12 bits per heavy atom. The number of rotatable bonds is 3. The van der Waals surface area contributed by atoms with E-state index in [2.05, 4.69) is 16.0 Å². The van der Waals surface area contributed by atoms with E-state index in [1.165, 1.54) is 0 Å². The molecular formula is C19H18ClN3OS. The Balaban J connectivity index is 1.96. The molecule has 0 radical (unpaired) electrons. The molecule has 0 unspecified atom stereocenters. The predicted octanol–water partition coefficient (Wildman–Crippen LogP) is 4.08. The van der Waals surface area contributed by atoms with Gasteiger partial charge in [0.2, 0.25) is 0 Å². The fourth-order valence-corrected chi connectivity index (χ4v) is 3.21. The Labute approximate surface area is 157 Å². The molecule has 6 heteroatoms. The summed E-state index contributed by atoms with van der Waals surface area (Å²) in [4.78, 5) is 12.9. The van der Waals surface area contributed by atoms with Crippen LogP contribution in [0.2, 0.25) is 5.02 Å². The third kappa shape index (κ3) is 3.83. The molecule has 1 amide bonds. The molecule has 2 aromatic rings. The summed E-state index contributed by atoms with van der Waals surface area (Å²) in [6.07, 6.45) is 0. The van der Waals surface area contributed by atoms with Crippen molar-refractivity contribution >= 4 is 40.5 Å². The average Bonchev–Trinajstić information content (AvgIpc) is 2.57. The molecule has 0 aliphatic carbocycles. The lowest BCUT2D eigenvalue weighted by atomic mass is 9.94. The van der Waals surface area contributed by atoms with Crippen LogP contribution in [-0.2, 0) is 4.79 Å². The number of carbonyl (C=O) groups excluding carboxylic acids is 1. The molecule has 1 heterocycles. The zero-order chi connectivity index (χ0) is 18.0. The molecule has 0 aromatic heterocycles. The van der Waals surface area contributed by atoms with E-state index in [0.717, 1.165) is 16.8 Å². The molecule has 0 saturated carbocycles. The van der Waals surface area contributed by atoms with Crippen LogP contribution in [0.25, 0.3) is 0 Å². The van der Waals surface area contributed by atoms with Crippen molar-refractivity contribution in [1.82, 2.24) is 10.6 Å². The van der Waals surface area contributed by atoms with E-state index >= 15 is 0 Å². The highest BCUT2D eigenvalue weighted by molar-refractivity contribution is 7.80. The van der Waals surface area contributed by atoms with E-state index < -0.39 is 0 Å². The number of nitrogens with one attached hydrogen (secondary N) is 3. The summed E-state index contributed by atoms with van der Waals surface area (Å²) in [5, 5.41) is 10.1. The summed E-state index contributed by atoms with van der Waals surface area (Å²) >= 11 is 11.4. The van der Waals surface area contributed by atoms with Crippen LogP contribution in [-0.4, -0.2) is 11.0 Å². The number of thiocarbonyl (C=S) groups is 1. The third-order valence-electron chi connectivity index (χ3n) is 4.05. The summed E-state index contributed by atoms with van der Waals surface area (Å²) in [6, 6.07) is 14.9. The highest BCUT2D eigenvalue weighted by atomic mass is 35.5. The van der Waals surface area contributed by atoms with Crippen molar-refractivity contribution in [3.63, 3.8) is 0 Å². The summed E-state index contributed by atoms with van der Waals surface area (Å²) in [7, 11) is 0. The van der Waals surface area contributed by atoms with Crippen molar-refractivity contribution in [3.05, 3.63) is 76.0 Å². The summed E-state index contributed by atoms with van der Waals surface area (Å²) in [5.41, 5.74) is 4.00. The molecule has 3 rings (SSSR count). The van der Waals surface area contributed by atoms with Crippen LogP contribution in [0.5, 0.6) is 0 Å². The normalized spacial score (nSPS) is 16.9. The van der Waals surface area contributed by atoms with Gasteiger partial charge in [-0.2, -0.15) is 0 Å². The first-order chi connectivity index (χ1) is 12.0. The molecule has 0 saturated heterocycles. The van der Waals surface area contributed by atoms with Gasteiger partial charge in [0.1, 0.15) is 0 Å². The second kappa shape index (κ2) is 7.25. The van der Waals surface area contributed by atoms with Gasteiger partial charge in [0.25, 0.3) is 5.91 Å². The summed E-state index contributed by atoms with van der Waals surface area (Å²) in [5.74, 6) is -0.223. The Morgan fingerprint density at radius 3 is 2.48 bits per heavy atom. The smallest absolute Gasteiger partial charge is 0.255 e. The largest absolute Gasteiger partial charge is 0.351 e. The van der Waals surface area contributed by atoms with Crippen molar-refractivity contribution in [3.8, 4) is 0 Å². The molecule has 1 atom stereocenters. The van der Waals surface area contributed by atoms with Gasteiger partial charge in [-0.25, -0.2) is 0 Å². The van der Waals surface area contributed by atoms with Gasteiger partial charge in [0.05, 0.1) is 22.3 Å². The van der Waals surface area contributed by atoms with Gasteiger partial charge in [0, 0.05) is 5.70 Å². The standard InChI is InChI=1S/C19H18ClN3OS/c1-11-7-9-13(10-8-11)17-16(12(2)21-19(25)23-17)18(24)22-15-6-4-3-5-14(15)20/h3-10,17H,1-2H3,(H,22,24)(H2,21,23,25)/t17-/m0/s1. The number of benzene rings is 2. The first kappa shape index (κ1) is 17.5. The Kier molecular flexibility index (Phi) is 5.06. The Hall–Kier alpha value is -2.37. The Bertz CT molecular complexity index is 861. The van der Waals surface area contributed by atoms with Crippen molar-refractivity contribution < 1.29 is 4.79 Å². The van der Waals surface area contributed by atoms with E-state index in [4.69, 9.17) is 23.8 Å². The van der Waals surface area contributed by atoms with Crippen LogP contribution in [0.3, 0.4) is 0 Å². The van der Waals surface area contributed by atoms with Crippen LogP contribution >= 0.6 is 23.8 Å². The number of hydrogen-bond donors (Lipinski definition) is 3. The molecule has 3 N–H and O–H groups in total. The Morgan fingerprint density at radius 2 is 1.80 bits per heavy atom. The number of aryl methyl sites for hydroxylation is 1. The van der Waals surface area contributed by atoms with Crippen molar-refractivity contribution in [2.45, 2.75) is 19.9 Å². The summed E-state index contributed by atoms with van der Waals surface area (Å²) < 4.78 is 0. The van der Waals surface area contributed by atoms with E-state index in [1.54, 1.807) is 12.1 Å². The molecule has 1 aliphatic rings. The highest BCUT2D eigenvalue weighted by Crippen LogP contribution is 2.29. The first-order valence-corrected chi connectivity index (χ1v) is 8.65. The zero-order valence-corrected chi connectivity index (χ0v) is 15.5. The van der Waals surface area contributed by atoms with E-state index in [0.29, 0.717) is 21.4 Å². The van der Waals surface area contributed by atoms with Crippen LogP contribution in [0, 0.1) is 6.92 Å². The molecule has 2 aromatic carbocycles. The maximum Gasteiger partial charge on any atom is 0.255 e. The van der Waals surface area contributed by atoms with Gasteiger partial charge in [-0.3, -0.25) is 4.79 Å². The monoisotopic (exact) mass is 371 g/mol. The summed E-state index contributed by atoms with van der Waals surface area (Å²) in [6.45, 7) is 3.87. The maximum atomic E-state index is 12.9. The van der Waals surface area contributed by atoms with Gasteiger partial charge in [-0.05, 0) is 43.8 Å². The fraction of sp³-hybridized carbons (Fsp3) is 0.158. The lowest BCUT2D eigenvalue weighted by molar-refractivity contribution is -0.113. The van der Waals surface area contributed by atoms with Gasteiger partial charge in [-0.1, -0.05) is 53.6 Å². The fourth-order valence-electron chi connectivity index (χ4n) is 2.76. The molecule has 0 spiro atoms. The van der Waals surface area contributed by atoms with Crippen LogP contribution in [0.15, 0.2) is 59.8 Å². The van der Waals surface area contributed by atoms with E-state index in [1.807, 2.05) is 50.2 Å².